The molecule has 1 atom stereocenters. The third kappa shape index (κ3) is 3.64. The maximum Gasteiger partial charge on any atom is 0.139 e. The first-order chi connectivity index (χ1) is 9.81. The Hall–Kier alpha value is -1.81. The maximum atomic E-state index is 6.08. The summed E-state index contributed by atoms with van der Waals surface area (Å²) in [5, 5.41) is 4.18. The van der Waals surface area contributed by atoms with Gasteiger partial charge in [0.15, 0.2) is 0 Å². The monoisotopic (exact) mass is 287 g/mol. The SMILES string of the molecule is Cc1cc(C(C)(C)C)ccc1OC(CN)c1cnn(C)c1. The average Bonchev–Trinajstić information content (AvgIpc) is 2.82. The number of hydrogen-bond acceptors (Lipinski definition) is 3. The second-order valence-electron chi connectivity index (χ2n) is 6.52. The Morgan fingerprint density at radius 1 is 1.33 bits per heavy atom. The van der Waals surface area contributed by atoms with Crippen LogP contribution in [0.5, 0.6) is 5.75 Å². The molecule has 0 radical (unpaired) electrons. The van der Waals surface area contributed by atoms with E-state index < -0.39 is 0 Å². The van der Waals surface area contributed by atoms with Gasteiger partial charge in [0.1, 0.15) is 11.9 Å². The van der Waals surface area contributed by atoms with Crippen molar-refractivity contribution in [2.45, 2.75) is 39.2 Å². The number of nitrogens with zero attached hydrogens (tertiary/aromatic N) is 2. The fraction of sp³-hybridized carbons (Fsp3) is 0.471. The summed E-state index contributed by atoms with van der Waals surface area (Å²) in [5.74, 6) is 0.877. The molecule has 0 bridgehead atoms. The fourth-order valence-corrected chi connectivity index (χ4v) is 2.26. The van der Waals surface area contributed by atoms with Crippen molar-refractivity contribution in [2.24, 2.45) is 12.8 Å². The number of rotatable bonds is 4. The van der Waals surface area contributed by atoms with Gasteiger partial charge >= 0.3 is 0 Å². The van der Waals surface area contributed by atoms with E-state index in [-0.39, 0.29) is 11.5 Å². The standard InChI is InChI=1S/C17H25N3O/c1-12-8-14(17(2,3)4)6-7-15(12)21-16(9-18)13-10-19-20(5)11-13/h6-8,10-11,16H,9,18H2,1-5H3. The molecule has 0 saturated carbocycles. The molecule has 2 aromatic rings. The molecule has 2 rings (SSSR count). The Morgan fingerprint density at radius 3 is 2.52 bits per heavy atom. The third-order valence-corrected chi connectivity index (χ3v) is 3.62. The van der Waals surface area contributed by atoms with E-state index in [4.69, 9.17) is 10.5 Å². The summed E-state index contributed by atoms with van der Waals surface area (Å²) in [4.78, 5) is 0. The molecule has 4 nitrogen and oxygen atoms in total. The largest absolute Gasteiger partial charge is 0.484 e. The highest BCUT2D eigenvalue weighted by Gasteiger charge is 2.17. The van der Waals surface area contributed by atoms with E-state index in [1.54, 1.807) is 10.9 Å². The number of benzene rings is 1. The fourth-order valence-electron chi connectivity index (χ4n) is 2.26. The minimum absolute atomic E-state index is 0.139. The van der Waals surface area contributed by atoms with Gasteiger partial charge in [0.05, 0.1) is 6.20 Å². The van der Waals surface area contributed by atoms with Crippen molar-refractivity contribution in [3.63, 3.8) is 0 Å². The van der Waals surface area contributed by atoms with E-state index in [0.717, 1.165) is 16.9 Å². The molecule has 1 aromatic carbocycles. The van der Waals surface area contributed by atoms with E-state index in [2.05, 4.69) is 44.9 Å². The van der Waals surface area contributed by atoms with Crippen LogP contribution in [0.2, 0.25) is 0 Å². The summed E-state index contributed by atoms with van der Waals surface area (Å²) in [6, 6.07) is 6.35. The predicted molar refractivity (Wildman–Crippen MR) is 85.5 cm³/mol. The van der Waals surface area contributed by atoms with Crippen LogP contribution in [-0.2, 0) is 12.5 Å². The summed E-state index contributed by atoms with van der Waals surface area (Å²) >= 11 is 0. The topological polar surface area (TPSA) is 53.1 Å². The summed E-state index contributed by atoms with van der Waals surface area (Å²) in [6.45, 7) is 9.12. The number of aryl methyl sites for hydroxylation is 2. The Morgan fingerprint density at radius 2 is 2.05 bits per heavy atom. The zero-order valence-corrected chi connectivity index (χ0v) is 13.6. The van der Waals surface area contributed by atoms with Crippen LogP contribution in [0, 0.1) is 6.92 Å². The number of nitrogens with two attached hydrogens (primary N) is 1. The molecule has 2 N–H and O–H groups in total. The van der Waals surface area contributed by atoms with E-state index in [9.17, 15) is 0 Å². The highest BCUT2D eigenvalue weighted by Crippen LogP contribution is 2.30. The van der Waals surface area contributed by atoms with Gasteiger partial charge in [-0.25, -0.2) is 0 Å². The highest BCUT2D eigenvalue weighted by atomic mass is 16.5. The van der Waals surface area contributed by atoms with Gasteiger partial charge < -0.3 is 10.5 Å². The molecule has 114 valence electrons. The Bertz CT molecular complexity index is 611. The Labute approximate surface area is 126 Å². The van der Waals surface area contributed by atoms with Crippen LogP contribution < -0.4 is 10.5 Å². The summed E-state index contributed by atoms with van der Waals surface area (Å²) in [6.07, 6.45) is 3.57. The first-order valence-corrected chi connectivity index (χ1v) is 7.27. The molecule has 0 amide bonds. The van der Waals surface area contributed by atoms with Crippen LogP contribution in [0.4, 0.5) is 0 Å². The van der Waals surface area contributed by atoms with Crippen LogP contribution in [-0.4, -0.2) is 16.3 Å². The summed E-state index contributed by atoms with van der Waals surface area (Å²) in [5.41, 5.74) is 9.42. The minimum Gasteiger partial charge on any atom is -0.484 e. The predicted octanol–water partition coefficient (Wildman–Crippen LogP) is 3.10. The molecule has 4 heteroatoms. The quantitative estimate of drug-likeness (QED) is 0.940. The number of ether oxygens (including phenoxy) is 1. The Balaban J connectivity index is 2.22. The molecule has 0 spiro atoms. The van der Waals surface area contributed by atoms with Crippen LogP contribution in [0.25, 0.3) is 0 Å². The first kappa shape index (κ1) is 15.6. The van der Waals surface area contributed by atoms with Gasteiger partial charge in [0, 0.05) is 25.4 Å². The highest BCUT2D eigenvalue weighted by molar-refractivity contribution is 5.39. The lowest BCUT2D eigenvalue weighted by atomic mass is 9.86. The molecule has 21 heavy (non-hydrogen) atoms. The lowest BCUT2D eigenvalue weighted by Gasteiger charge is -2.22. The molecular formula is C17H25N3O. The first-order valence-electron chi connectivity index (χ1n) is 7.27. The zero-order valence-electron chi connectivity index (χ0n) is 13.6. The number of aromatic nitrogens is 2. The van der Waals surface area contributed by atoms with Crippen molar-refractivity contribution in [2.75, 3.05) is 6.54 Å². The van der Waals surface area contributed by atoms with Crippen molar-refractivity contribution in [1.29, 1.82) is 0 Å². The molecule has 1 unspecified atom stereocenters. The van der Waals surface area contributed by atoms with Crippen LogP contribution in [0.3, 0.4) is 0 Å². The van der Waals surface area contributed by atoms with Gasteiger partial charge in [0.2, 0.25) is 0 Å². The van der Waals surface area contributed by atoms with Crippen molar-refractivity contribution in [1.82, 2.24) is 9.78 Å². The molecule has 0 aliphatic heterocycles. The van der Waals surface area contributed by atoms with Crippen LogP contribution >= 0.6 is 0 Å². The Kier molecular flexibility index (Phi) is 4.37. The van der Waals surface area contributed by atoms with Gasteiger partial charge in [0.25, 0.3) is 0 Å². The van der Waals surface area contributed by atoms with E-state index >= 15 is 0 Å². The van der Waals surface area contributed by atoms with Gasteiger partial charge in [-0.15, -0.1) is 0 Å². The minimum atomic E-state index is -0.169. The summed E-state index contributed by atoms with van der Waals surface area (Å²) in [7, 11) is 1.89. The summed E-state index contributed by atoms with van der Waals surface area (Å²) < 4.78 is 7.84. The molecule has 0 saturated heterocycles. The molecule has 1 heterocycles. The van der Waals surface area contributed by atoms with Gasteiger partial charge in [-0.1, -0.05) is 32.9 Å². The van der Waals surface area contributed by atoms with E-state index in [0.29, 0.717) is 6.54 Å². The van der Waals surface area contributed by atoms with Gasteiger partial charge in [-0.05, 0) is 29.5 Å². The van der Waals surface area contributed by atoms with Crippen molar-refractivity contribution in [3.8, 4) is 5.75 Å². The molecule has 0 aliphatic rings. The van der Waals surface area contributed by atoms with Crippen LogP contribution in [0.1, 0.15) is 43.6 Å². The smallest absolute Gasteiger partial charge is 0.139 e. The maximum absolute atomic E-state index is 6.08. The average molecular weight is 287 g/mol. The molecular weight excluding hydrogens is 262 g/mol. The van der Waals surface area contributed by atoms with Crippen molar-refractivity contribution < 1.29 is 4.74 Å². The van der Waals surface area contributed by atoms with E-state index in [1.165, 1.54) is 5.56 Å². The van der Waals surface area contributed by atoms with Gasteiger partial charge in [-0.3, -0.25) is 4.68 Å². The molecule has 1 aromatic heterocycles. The molecule has 0 aliphatic carbocycles. The lowest BCUT2D eigenvalue weighted by Crippen LogP contribution is -2.19. The second-order valence-corrected chi connectivity index (χ2v) is 6.52. The number of hydrogen-bond donors (Lipinski definition) is 1. The lowest BCUT2D eigenvalue weighted by molar-refractivity contribution is 0.212. The zero-order chi connectivity index (χ0) is 15.6. The normalized spacial score (nSPS) is 13.2. The van der Waals surface area contributed by atoms with Crippen molar-refractivity contribution in [3.05, 3.63) is 47.3 Å². The van der Waals surface area contributed by atoms with Crippen LogP contribution in [0.15, 0.2) is 30.6 Å². The van der Waals surface area contributed by atoms with Crippen molar-refractivity contribution >= 4 is 0 Å². The van der Waals surface area contributed by atoms with E-state index in [1.807, 2.05) is 19.3 Å². The second kappa shape index (κ2) is 5.90. The third-order valence-electron chi connectivity index (χ3n) is 3.62. The van der Waals surface area contributed by atoms with Gasteiger partial charge in [-0.2, -0.15) is 5.10 Å². The molecule has 0 fully saturated rings.